The molecular weight excluding hydrogens is 563 g/mol. The molecule has 0 aliphatic carbocycles. The summed E-state index contributed by atoms with van der Waals surface area (Å²) >= 11 is 0.962. The number of nitrogens with one attached hydrogen (secondary N) is 2. The molecule has 41 heavy (non-hydrogen) atoms. The molecule has 1 aliphatic heterocycles. The van der Waals surface area contributed by atoms with Crippen molar-refractivity contribution in [1.82, 2.24) is 24.2 Å². The lowest BCUT2D eigenvalue weighted by Crippen LogP contribution is -2.52. The highest BCUT2D eigenvalue weighted by molar-refractivity contribution is 7.10. The van der Waals surface area contributed by atoms with E-state index in [0.29, 0.717) is 54.5 Å². The van der Waals surface area contributed by atoms with Crippen LogP contribution in [0.3, 0.4) is 0 Å². The number of rotatable bonds is 7. The zero-order chi connectivity index (χ0) is 29.9. The number of alkyl halides is 3. The minimum Gasteiger partial charge on any atom is -0.477 e. The first-order valence-electron chi connectivity index (χ1n) is 12.7. The predicted molar refractivity (Wildman–Crippen MR) is 146 cm³/mol. The molecule has 0 aromatic carbocycles. The first kappa shape index (κ1) is 30.0. The number of aromatic nitrogens is 4. The summed E-state index contributed by atoms with van der Waals surface area (Å²) in [4.78, 5) is 37.5. The van der Waals surface area contributed by atoms with Gasteiger partial charge in [-0.05, 0) is 48.7 Å². The zero-order valence-electron chi connectivity index (χ0n) is 22.8. The van der Waals surface area contributed by atoms with Gasteiger partial charge in [-0.3, -0.25) is 4.79 Å². The van der Waals surface area contributed by atoms with Crippen LogP contribution in [0.15, 0.2) is 30.7 Å². The summed E-state index contributed by atoms with van der Waals surface area (Å²) in [5.41, 5.74) is -0.301. The summed E-state index contributed by atoms with van der Waals surface area (Å²) in [6, 6.07) is 3.14. The number of anilines is 3. The van der Waals surface area contributed by atoms with E-state index in [1.165, 1.54) is 11.1 Å². The van der Waals surface area contributed by atoms with Crippen LogP contribution < -0.4 is 15.4 Å². The molecule has 3 aromatic heterocycles. The highest BCUT2D eigenvalue weighted by Crippen LogP contribution is 2.35. The summed E-state index contributed by atoms with van der Waals surface area (Å²) in [7, 11) is 0. The fourth-order valence-corrected chi connectivity index (χ4v) is 5.36. The molecule has 1 fully saturated rings. The van der Waals surface area contributed by atoms with Crippen LogP contribution in [0.2, 0.25) is 0 Å². The van der Waals surface area contributed by atoms with E-state index < -0.39 is 23.9 Å². The van der Waals surface area contributed by atoms with E-state index in [1.807, 2.05) is 20.8 Å². The Bertz CT molecular complexity index is 1380. The van der Waals surface area contributed by atoms with Crippen molar-refractivity contribution in [1.29, 1.82) is 0 Å². The molecule has 0 saturated carbocycles. The first-order chi connectivity index (χ1) is 19.2. The summed E-state index contributed by atoms with van der Waals surface area (Å²) in [6.45, 7) is 8.56. The summed E-state index contributed by atoms with van der Waals surface area (Å²) in [5.74, 6) is 0.0757. The van der Waals surface area contributed by atoms with Crippen LogP contribution in [-0.2, 0) is 6.18 Å². The highest BCUT2D eigenvalue weighted by Gasteiger charge is 2.39. The lowest BCUT2D eigenvalue weighted by Gasteiger charge is -2.44. The van der Waals surface area contributed by atoms with E-state index in [9.17, 15) is 27.9 Å². The monoisotopic (exact) mass is 593 g/mol. The van der Waals surface area contributed by atoms with Crippen LogP contribution >= 0.6 is 11.5 Å². The quantitative estimate of drug-likeness (QED) is 0.308. The number of amides is 2. The standard InChI is InChI=1S/C26H30F3N7O4S/c1-14-21(23(41-35-14)34-19-12-30-17(11-31-19)26(27,28)29)22(37)33-16-5-6-20(32-10-16)40-13-15-7-8-36(24(38)39)18(9-15)25(2,3)4/h5-6,10-12,15,18H,7-9,13H2,1-4H3,(H,31,34)(H,33,37)(H,38,39). The second-order valence-electron chi connectivity index (χ2n) is 10.8. The molecule has 0 bridgehead atoms. The van der Waals surface area contributed by atoms with E-state index in [0.717, 1.165) is 17.7 Å². The van der Waals surface area contributed by atoms with Gasteiger partial charge in [0.15, 0.2) is 5.69 Å². The van der Waals surface area contributed by atoms with Crippen LogP contribution in [0.5, 0.6) is 5.88 Å². The molecule has 2 amide bonds. The number of carbonyl (C=O) groups is 2. The molecule has 0 spiro atoms. The van der Waals surface area contributed by atoms with Gasteiger partial charge in [0, 0.05) is 18.7 Å². The van der Waals surface area contributed by atoms with Crippen LogP contribution in [0.4, 0.5) is 34.5 Å². The van der Waals surface area contributed by atoms with Gasteiger partial charge in [0.25, 0.3) is 5.91 Å². The van der Waals surface area contributed by atoms with E-state index in [4.69, 9.17) is 4.74 Å². The molecular formula is C26H30F3N7O4S. The second-order valence-corrected chi connectivity index (χ2v) is 11.6. The van der Waals surface area contributed by atoms with E-state index in [-0.39, 0.29) is 28.8 Å². The maximum absolute atomic E-state index is 13.0. The number of ether oxygens (including phenoxy) is 1. The molecule has 220 valence electrons. The van der Waals surface area contributed by atoms with Gasteiger partial charge >= 0.3 is 12.3 Å². The van der Waals surface area contributed by atoms with Crippen molar-refractivity contribution in [2.45, 2.75) is 52.8 Å². The highest BCUT2D eigenvalue weighted by atomic mass is 32.1. The molecule has 0 radical (unpaired) electrons. The third-order valence-corrected chi connectivity index (χ3v) is 7.55. The fourth-order valence-electron chi connectivity index (χ4n) is 4.55. The summed E-state index contributed by atoms with van der Waals surface area (Å²) in [5, 5.41) is 15.4. The minimum absolute atomic E-state index is 0.0290. The smallest absolute Gasteiger partial charge is 0.434 e. The molecule has 1 saturated heterocycles. The molecule has 1 aliphatic rings. The lowest BCUT2D eigenvalue weighted by atomic mass is 9.77. The van der Waals surface area contributed by atoms with Crippen molar-refractivity contribution in [3.63, 3.8) is 0 Å². The fraction of sp³-hybridized carbons (Fsp3) is 0.462. The number of likely N-dealkylation sites (tertiary alicyclic amines) is 1. The average molecular weight is 594 g/mol. The Kier molecular flexibility index (Phi) is 8.66. The Morgan fingerprint density at radius 2 is 1.90 bits per heavy atom. The maximum atomic E-state index is 13.0. The Morgan fingerprint density at radius 1 is 1.15 bits per heavy atom. The van der Waals surface area contributed by atoms with Gasteiger partial charge in [0.1, 0.15) is 10.8 Å². The zero-order valence-corrected chi connectivity index (χ0v) is 23.6. The Morgan fingerprint density at radius 3 is 2.49 bits per heavy atom. The van der Waals surface area contributed by atoms with Crippen molar-refractivity contribution in [3.8, 4) is 5.88 Å². The van der Waals surface area contributed by atoms with E-state index >= 15 is 0 Å². The van der Waals surface area contributed by atoms with Crippen molar-refractivity contribution < 1.29 is 32.6 Å². The number of carboxylic acid groups (broad SMARTS) is 1. The van der Waals surface area contributed by atoms with Crippen LogP contribution in [-0.4, -0.2) is 60.5 Å². The topological polar surface area (TPSA) is 142 Å². The molecule has 4 heterocycles. The van der Waals surface area contributed by atoms with Gasteiger partial charge < -0.3 is 25.4 Å². The van der Waals surface area contributed by atoms with Gasteiger partial charge in [-0.25, -0.2) is 19.7 Å². The molecule has 4 rings (SSSR count). The summed E-state index contributed by atoms with van der Waals surface area (Å²) in [6.07, 6.45) is -1.16. The van der Waals surface area contributed by atoms with Crippen molar-refractivity contribution in [2.24, 2.45) is 11.3 Å². The molecule has 2 unspecified atom stereocenters. The average Bonchev–Trinajstić information content (AvgIpc) is 3.27. The van der Waals surface area contributed by atoms with Gasteiger partial charge in [-0.2, -0.15) is 17.5 Å². The largest absolute Gasteiger partial charge is 0.477 e. The molecule has 3 aromatic rings. The Labute approximate surface area is 238 Å². The van der Waals surface area contributed by atoms with Gasteiger partial charge in [0.05, 0.1) is 42.1 Å². The van der Waals surface area contributed by atoms with Crippen molar-refractivity contribution >= 4 is 40.0 Å². The number of hydrogen-bond donors (Lipinski definition) is 3. The SMILES string of the molecule is Cc1nsc(Nc2cnc(C(F)(F)F)cn2)c1C(=O)Nc1ccc(OCC2CCN(C(=O)O)C(C(C)(C)C)C2)nc1. The van der Waals surface area contributed by atoms with Crippen LogP contribution in [0.1, 0.15) is 55.4 Å². The number of nitrogens with zero attached hydrogens (tertiary/aromatic N) is 5. The first-order valence-corrected chi connectivity index (χ1v) is 13.5. The number of piperidine rings is 1. The van der Waals surface area contributed by atoms with Gasteiger partial charge in [-0.15, -0.1) is 0 Å². The van der Waals surface area contributed by atoms with Gasteiger partial charge in [-0.1, -0.05) is 20.8 Å². The summed E-state index contributed by atoms with van der Waals surface area (Å²) < 4.78 is 48.3. The number of pyridine rings is 1. The van der Waals surface area contributed by atoms with Crippen molar-refractivity contribution in [3.05, 3.63) is 47.7 Å². The molecule has 3 N–H and O–H groups in total. The third kappa shape index (κ3) is 7.39. The molecule has 11 nitrogen and oxygen atoms in total. The molecule has 15 heteroatoms. The maximum Gasteiger partial charge on any atom is 0.434 e. The second kappa shape index (κ2) is 11.8. The predicted octanol–water partition coefficient (Wildman–Crippen LogP) is 5.83. The van der Waals surface area contributed by atoms with Crippen LogP contribution in [0, 0.1) is 18.3 Å². The van der Waals surface area contributed by atoms with Crippen molar-refractivity contribution in [2.75, 3.05) is 23.8 Å². The number of aryl methyl sites for hydroxylation is 1. The lowest BCUT2D eigenvalue weighted by molar-refractivity contribution is -0.141. The normalized spacial score (nSPS) is 17.7. The van der Waals surface area contributed by atoms with Crippen LogP contribution in [0.25, 0.3) is 0 Å². The Hall–Kier alpha value is -4.01. The third-order valence-electron chi connectivity index (χ3n) is 6.69. The molecule has 2 atom stereocenters. The Balaban J connectivity index is 1.35. The number of halogens is 3. The van der Waals surface area contributed by atoms with Gasteiger partial charge in [0.2, 0.25) is 5.88 Å². The number of carbonyl (C=O) groups excluding carboxylic acids is 1. The van der Waals surface area contributed by atoms with E-state index in [1.54, 1.807) is 19.1 Å². The van der Waals surface area contributed by atoms with E-state index in [2.05, 4.69) is 30.0 Å². The minimum atomic E-state index is -4.61. The number of hydrogen-bond acceptors (Lipinski definition) is 9.